The molecule has 7 nitrogen and oxygen atoms in total. The minimum Gasteiger partial charge on any atom is -0.468 e. The van der Waals surface area contributed by atoms with Crippen LogP contribution in [0.25, 0.3) is 10.8 Å². The van der Waals surface area contributed by atoms with E-state index in [4.69, 9.17) is 10.5 Å². The third-order valence-electron chi connectivity index (χ3n) is 5.96. The molecule has 1 saturated heterocycles. The van der Waals surface area contributed by atoms with E-state index in [0.29, 0.717) is 12.0 Å². The van der Waals surface area contributed by atoms with E-state index >= 15 is 0 Å². The van der Waals surface area contributed by atoms with E-state index in [1.54, 1.807) is 24.3 Å². The molecule has 2 aliphatic rings. The monoisotopic (exact) mass is 414 g/mol. The van der Waals surface area contributed by atoms with Crippen molar-refractivity contribution in [3.8, 4) is 5.75 Å². The largest absolute Gasteiger partial charge is 0.468 e. The molecule has 0 aliphatic carbocycles. The van der Waals surface area contributed by atoms with Gasteiger partial charge in [0.2, 0.25) is 5.91 Å². The van der Waals surface area contributed by atoms with Crippen LogP contribution in [-0.4, -0.2) is 23.4 Å². The summed E-state index contributed by atoms with van der Waals surface area (Å²) >= 11 is 0. The number of amidine groups is 1. The molecule has 1 fully saturated rings. The van der Waals surface area contributed by atoms with Crippen molar-refractivity contribution in [2.75, 3.05) is 0 Å². The van der Waals surface area contributed by atoms with Crippen LogP contribution in [0.5, 0.6) is 5.75 Å². The van der Waals surface area contributed by atoms with Gasteiger partial charge in [-0.15, -0.1) is 0 Å². The number of ether oxygens (including phenoxy) is 1. The average Bonchev–Trinajstić information content (AvgIpc) is 2.76. The first kappa shape index (κ1) is 19.1. The van der Waals surface area contributed by atoms with Gasteiger partial charge in [-0.25, -0.2) is 5.43 Å². The van der Waals surface area contributed by atoms with Crippen molar-refractivity contribution in [2.45, 2.75) is 25.0 Å². The highest BCUT2D eigenvalue weighted by Gasteiger charge is 2.51. The molecule has 4 N–H and O–H groups in total. The number of nitrogens with one attached hydrogen (secondary N) is 2. The van der Waals surface area contributed by atoms with Gasteiger partial charge < -0.3 is 15.8 Å². The minimum atomic E-state index is -0.818. The molecule has 0 spiro atoms. The molecule has 0 radical (unpaired) electrons. The second kappa shape index (κ2) is 7.12. The van der Waals surface area contributed by atoms with Gasteiger partial charge in [0.15, 0.2) is 5.72 Å². The molecule has 2 bridgehead atoms. The topological polar surface area (TPSA) is 106 Å². The Morgan fingerprint density at radius 3 is 2.68 bits per heavy atom. The quantitative estimate of drug-likeness (QED) is 0.348. The Hall–Kier alpha value is -3.87. The summed E-state index contributed by atoms with van der Waals surface area (Å²) in [5.74, 6) is -0.822. The van der Waals surface area contributed by atoms with Crippen LogP contribution >= 0.6 is 0 Å². The highest BCUT2D eigenvalue weighted by molar-refractivity contribution is 6.06. The molecule has 2 aliphatic heterocycles. The van der Waals surface area contributed by atoms with Crippen molar-refractivity contribution < 1.29 is 14.3 Å². The Balaban J connectivity index is 1.53. The summed E-state index contributed by atoms with van der Waals surface area (Å²) < 4.78 is 6.17. The van der Waals surface area contributed by atoms with E-state index < -0.39 is 11.6 Å². The maximum Gasteiger partial charge on any atom is 0.271 e. The van der Waals surface area contributed by atoms with Crippen LogP contribution in [0.2, 0.25) is 0 Å². The number of hydrazone groups is 1. The summed E-state index contributed by atoms with van der Waals surface area (Å²) in [7, 11) is 0. The van der Waals surface area contributed by atoms with Crippen molar-refractivity contribution in [3.05, 3.63) is 77.9 Å². The van der Waals surface area contributed by atoms with Crippen LogP contribution in [0.4, 0.5) is 0 Å². The Bertz CT molecular complexity index is 1220. The molecule has 2 heterocycles. The number of amides is 2. The molecule has 3 aromatic rings. The molecule has 0 saturated carbocycles. The number of fused-ring (bicyclic) bond motifs is 6. The number of nitrogens with two attached hydrogens (primary N) is 1. The number of hydrogen-bond acceptors (Lipinski definition) is 4. The standard InChI is InChI=1S/C24H22N4O3/c1-24-13-17(19-16-10-6-5-7-14(16)11-12-18(19)31-24)20(23(30)26-24)21(25)27-28-22(29)15-8-3-2-4-9-15/h2-12,17,20H,13H2,1H3,(H2,25,27)(H,26,30)(H,28,29). The minimum absolute atomic E-state index is 0.0645. The lowest BCUT2D eigenvalue weighted by Crippen LogP contribution is -2.62. The molecule has 0 aromatic heterocycles. The Morgan fingerprint density at radius 1 is 1.13 bits per heavy atom. The van der Waals surface area contributed by atoms with Crippen molar-refractivity contribution in [1.29, 1.82) is 0 Å². The van der Waals surface area contributed by atoms with Crippen molar-refractivity contribution in [3.63, 3.8) is 0 Å². The first-order valence-corrected chi connectivity index (χ1v) is 10.2. The van der Waals surface area contributed by atoms with Gasteiger partial charge in [-0.2, -0.15) is 5.10 Å². The van der Waals surface area contributed by atoms with E-state index in [-0.39, 0.29) is 23.6 Å². The number of piperidine rings is 1. The van der Waals surface area contributed by atoms with Crippen LogP contribution < -0.4 is 21.2 Å². The fourth-order valence-corrected chi connectivity index (χ4v) is 4.61. The van der Waals surface area contributed by atoms with Gasteiger partial charge in [-0.05, 0) is 35.9 Å². The van der Waals surface area contributed by atoms with Crippen LogP contribution in [0.15, 0.2) is 71.8 Å². The maximum atomic E-state index is 13.1. The van der Waals surface area contributed by atoms with Crippen molar-refractivity contribution in [1.82, 2.24) is 10.7 Å². The van der Waals surface area contributed by atoms with Crippen molar-refractivity contribution in [2.24, 2.45) is 16.8 Å². The molecule has 2 amide bonds. The molecular weight excluding hydrogens is 392 g/mol. The number of rotatable bonds is 3. The van der Waals surface area contributed by atoms with Crippen LogP contribution in [0.1, 0.15) is 35.2 Å². The summed E-state index contributed by atoms with van der Waals surface area (Å²) in [5, 5.41) is 9.10. The third-order valence-corrected chi connectivity index (χ3v) is 5.96. The zero-order valence-corrected chi connectivity index (χ0v) is 17.0. The van der Waals surface area contributed by atoms with Gasteiger partial charge >= 0.3 is 0 Å². The Labute approximate surface area is 179 Å². The third kappa shape index (κ3) is 3.28. The summed E-state index contributed by atoms with van der Waals surface area (Å²) in [5.41, 5.74) is 9.34. The molecule has 5 rings (SSSR count). The van der Waals surface area contributed by atoms with Gasteiger partial charge in [0.25, 0.3) is 5.91 Å². The lowest BCUT2D eigenvalue weighted by Gasteiger charge is -2.47. The van der Waals surface area contributed by atoms with Crippen LogP contribution in [0.3, 0.4) is 0 Å². The second-order valence-corrected chi connectivity index (χ2v) is 8.15. The smallest absolute Gasteiger partial charge is 0.271 e. The zero-order valence-electron chi connectivity index (χ0n) is 17.0. The molecule has 3 unspecified atom stereocenters. The second-order valence-electron chi connectivity index (χ2n) is 8.15. The van der Waals surface area contributed by atoms with E-state index in [9.17, 15) is 9.59 Å². The lowest BCUT2D eigenvalue weighted by molar-refractivity contribution is -0.136. The fourth-order valence-electron chi connectivity index (χ4n) is 4.61. The molecular formula is C24H22N4O3. The van der Waals surface area contributed by atoms with Crippen molar-refractivity contribution >= 4 is 28.4 Å². The summed E-state index contributed by atoms with van der Waals surface area (Å²) in [6, 6.07) is 20.6. The first-order valence-electron chi connectivity index (χ1n) is 10.2. The van der Waals surface area contributed by atoms with E-state index in [0.717, 1.165) is 22.1 Å². The highest BCUT2D eigenvalue weighted by atomic mass is 16.5. The highest BCUT2D eigenvalue weighted by Crippen LogP contribution is 2.49. The van der Waals surface area contributed by atoms with Gasteiger partial charge in [0, 0.05) is 23.5 Å². The van der Waals surface area contributed by atoms with Gasteiger partial charge in [0.1, 0.15) is 17.5 Å². The number of nitrogens with zero attached hydrogens (tertiary/aromatic N) is 1. The SMILES string of the molecule is CC12CC(c3c(ccc4ccccc34)O1)C(C(N)=NNC(=O)c1ccccc1)C(=O)N2. The van der Waals surface area contributed by atoms with E-state index in [1.807, 2.05) is 49.4 Å². The fraction of sp³-hybridized carbons (Fsp3) is 0.208. The molecule has 3 aromatic carbocycles. The number of carbonyl (C=O) groups excluding carboxylic acids is 2. The summed E-state index contributed by atoms with van der Waals surface area (Å²) in [4.78, 5) is 25.4. The normalized spacial score (nSPS) is 24.7. The number of carbonyl (C=O) groups is 2. The maximum absolute atomic E-state index is 13.1. The molecule has 3 atom stereocenters. The lowest BCUT2D eigenvalue weighted by atomic mass is 9.73. The van der Waals surface area contributed by atoms with Gasteiger partial charge in [-0.3, -0.25) is 9.59 Å². The summed E-state index contributed by atoms with van der Waals surface area (Å²) in [6.07, 6.45) is 0.549. The van der Waals surface area contributed by atoms with E-state index in [1.165, 1.54) is 0 Å². The Kier molecular flexibility index (Phi) is 4.39. The number of hydrogen-bond donors (Lipinski definition) is 3. The number of benzene rings is 3. The van der Waals surface area contributed by atoms with Crippen LogP contribution in [-0.2, 0) is 4.79 Å². The summed E-state index contributed by atoms with van der Waals surface area (Å²) in [6.45, 7) is 1.86. The first-order chi connectivity index (χ1) is 15.0. The molecule has 31 heavy (non-hydrogen) atoms. The molecule has 7 heteroatoms. The predicted molar refractivity (Wildman–Crippen MR) is 118 cm³/mol. The predicted octanol–water partition coefficient (Wildman–Crippen LogP) is 2.87. The van der Waals surface area contributed by atoms with Crippen LogP contribution in [0, 0.1) is 5.92 Å². The zero-order chi connectivity index (χ0) is 21.6. The Morgan fingerprint density at radius 2 is 1.87 bits per heavy atom. The average molecular weight is 414 g/mol. The van der Waals surface area contributed by atoms with E-state index in [2.05, 4.69) is 15.8 Å². The van der Waals surface area contributed by atoms with Gasteiger partial charge in [0.05, 0.1) is 0 Å². The molecule has 156 valence electrons. The van der Waals surface area contributed by atoms with Gasteiger partial charge in [-0.1, -0.05) is 48.5 Å².